The second-order valence-electron chi connectivity index (χ2n) is 3.86. The van der Waals surface area contributed by atoms with E-state index in [1.165, 1.54) is 12.3 Å². The lowest BCUT2D eigenvalue weighted by molar-refractivity contribution is 0.584. The largest absolute Gasteiger partial charge is 0.369 e. The summed E-state index contributed by atoms with van der Waals surface area (Å²) in [6.07, 6.45) is 1.53. The molecule has 1 aromatic heterocycles. The summed E-state index contributed by atoms with van der Waals surface area (Å²) in [5, 5.41) is 2.91. The zero-order valence-corrected chi connectivity index (χ0v) is 14.6. The van der Waals surface area contributed by atoms with Crippen LogP contribution in [0.15, 0.2) is 21.6 Å². The van der Waals surface area contributed by atoms with Crippen LogP contribution in [-0.4, -0.2) is 42.2 Å². The van der Waals surface area contributed by atoms with Gasteiger partial charge in [-0.05, 0) is 28.9 Å². The first kappa shape index (κ1) is 17.5. The third-order valence-corrected chi connectivity index (χ3v) is 5.61. The summed E-state index contributed by atoms with van der Waals surface area (Å²) in [5.74, 6) is 1.12. The van der Waals surface area contributed by atoms with Crippen molar-refractivity contribution in [3.05, 3.63) is 16.7 Å². The summed E-state index contributed by atoms with van der Waals surface area (Å²) in [5.41, 5.74) is 0. The molecule has 2 N–H and O–H groups in total. The normalized spacial score (nSPS) is 13.2. The summed E-state index contributed by atoms with van der Waals surface area (Å²) in [6.45, 7) is 4.36. The van der Waals surface area contributed by atoms with Crippen LogP contribution in [0.5, 0.6) is 0 Å². The van der Waals surface area contributed by atoms with Crippen molar-refractivity contribution >= 4 is 42.6 Å². The second kappa shape index (κ2) is 8.06. The monoisotopic (exact) mass is 383 g/mol. The van der Waals surface area contributed by atoms with E-state index in [1.807, 2.05) is 6.92 Å². The van der Waals surface area contributed by atoms with Crippen LogP contribution in [-0.2, 0) is 20.8 Å². The minimum absolute atomic E-state index is 0.0796. The van der Waals surface area contributed by atoms with Gasteiger partial charge in [0.25, 0.3) is 0 Å². The molecule has 6 nitrogen and oxygen atoms in total. The third-order valence-electron chi connectivity index (χ3n) is 2.40. The summed E-state index contributed by atoms with van der Waals surface area (Å²) < 4.78 is 38.8. The van der Waals surface area contributed by atoms with E-state index in [-0.39, 0.29) is 11.4 Å². The zero-order valence-electron chi connectivity index (χ0n) is 11.3. The molecule has 1 unspecified atom stereocenters. The lowest BCUT2D eigenvalue weighted by Gasteiger charge is -2.11. The highest BCUT2D eigenvalue weighted by Crippen LogP contribution is 2.22. The number of sulfonamides is 1. The number of aromatic nitrogens is 1. The maximum Gasteiger partial charge on any atom is 0.244 e. The minimum Gasteiger partial charge on any atom is -0.369 e. The van der Waals surface area contributed by atoms with E-state index in [4.69, 9.17) is 0 Å². The molecular formula is C11H18BrN3O3S2. The van der Waals surface area contributed by atoms with Crippen LogP contribution >= 0.6 is 15.9 Å². The third kappa shape index (κ3) is 5.12. The second-order valence-corrected chi connectivity index (χ2v) is 8.38. The van der Waals surface area contributed by atoms with Gasteiger partial charge >= 0.3 is 0 Å². The van der Waals surface area contributed by atoms with E-state index in [0.29, 0.717) is 28.3 Å². The van der Waals surface area contributed by atoms with E-state index in [0.717, 1.165) is 0 Å². The van der Waals surface area contributed by atoms with Gasteiger partial charge in [-0.25, -0.2) is 18.1 Å². The number of nitrogens with one attached hydrogen (secondary N) is 2. The average molecular weight is 384 g/mol. The molecule has 0 saturated heterocycles. The Hall–Kier alpha value is -0.510. The van der Waals surface area contributed by atoms with Gasteiger partial charge in [-0.2, -0.15) is 0 Å². The first-order chi connectivity index (χ1) is 9.40. The highest BCUT2D eigenvalue weighted by Gasteiger charge is 2.19. The highest BCUT2D eigenvalue weighted by atomic mass is 79.9. The van der Waals surface area contributed by atoms with Crippen LogP contribution in [0, 0.1) is 0 Å². The van der Waals surface area contributed by atoms with Crippen molar-refractivity contribution in [2.24, 2.45) is 0 Å². The predicted octanol–water partition coefficient (Wildman–Crippen LogP) is 1.32. The van der Waals surface area contributed by atoms with Crippen molar-refractivity contribution in [1.82, 2.24) is 9.71 Å². The smallest absolute Gasteiger partial charge is 0.244 e. The first-order valence-electron chi connectivity index (χ1n) is 6.14. The molecule has 0 radical (unpaired) electrons. The summed E-state index contributed by atoms with van der Waals surface area (Å²) >= 11 is 3.21. The average Bonchev–Trinajstić information content (AvgIpc) is 2.40. The van der Waals surface area contributed by atoms with Gasteiger partial charge in [0.2, 0.25) is 10.0 Å². The topological polar surface area (TPSA) is 88.2 Å². The number of rotatable bonds is 8. The number of hydrogen-bond acceptors (Lipinski definition) is 5. The van der Waals surface area contributed by atoms with E-state index >= 15 is 0 Å². The van der Waals surface area contributed by atoms with Crippen molar-refractivity contribution in [1.29, 1.82) is 0 Å². The van der Waals surface area contributed by atoms with Crippen LogP contribution in [0.1, 0.15) is 13.8 Å². The Kier molecular flexibility index (Phi) is 7.07. The SMILES string of the molecule is CCNc1ncc(Br)cc1S(=O)(=O)NCCS(=O)CC. The number of halogens is 1. The molecule has 0 amide bonds. The maximum absolute atomic E-state index is 12.2. The van der Waals surface area contributed by atoms with Gasteiger partial charge in [-0.15, -0.1) is 0 Å². The molecule has 1 rings (SSSR count). The Morgan fingerprint density at radius 3 is 2.70 bits per heavy atom. The Morgan fingerprint density at radius 1 is 1.40 bits per heavy atom. The van der Waals surface area contributed by atoms with E-state index in [1.54, 1.807) is 6.92 Å². The van der Waals surface area contributed by atoms with Crippen molar-refractivity contribution in [3.63, 3.8) is 0 Å². The zero-order chi connectivity index (χ0) is 15.2. The summed E-state index contributed by atoms with van der Waals surface area (Å²) in [7, 11) is -4.68. The Bertz CT molecular complexity index is 578. The molecule has 20 heavy (non-hydrogen) atoms. The van der Waals surface area contributed by atoms with E-state index in [9.17, 15) is 12.6 Å². The molecule has 0 fully saturated rings. The summed E-state index contributed by atoms with van der Waals surface area (Å²) in [4.78, 5) is 4.14. The Balaban J connectivity index is 2.91. The molecule has 1 aromatic rings. The Morgan fingerprint density at radius 2 is 2.10 bits per heavy atom. The Labute approximate surface area is 130 Å². The van der Waals surface area contributed by atoms with Crippen molar-refractivity contribution in [3.8, 4) is 0 Å². The molecule has 1 heterocycles. The highest BCUT2D eigenvalue weighted by molar-refractivity contribution is 9.10. The number of anilines is 1. The molecular weight excluding hydrogens is 366 g/mol. The lowest BCUT2D eigenvalue weighted by atomic mass is 10.4. The van der Waals surface area contributed by atoms with E-state index < -0.39 is 20.8 Å². The van der Waals surface area contributed by atoms with Gasteiger partial charge in [0.15, 0.2) is 0 Å². The molecule has 0 aliphatic carbocycles. The van der Waals surface area contributed by atoms with Crippen LogP contribution in [0.2, 0.25) is 0 Å². The van der Waals surface area contributed by atoms with Gasteiger partial charge in [0.05, 0.1) is 0 Å². The molecule has 0 aromatic carbocycles. The van der Waals surface area contributed by atoms with Crippen molar-refractivity contribution in [2.45, 2.75) is 18.7 Å². The fourth-order valence-electron chi connectivity index (χ4n) is 1.44. The standard InChI is InChI=1S/C11H18BrN3O3S2/c1-3-13-11-10(7-9(12)8-14-11)20(17,18)15-5-6-19(16)4-2/h7-8,15H,3-6H2,1-2H3,(H,13,14). The molecule has 0 bridgehead atoms. The molecule has 114 valence electrons. The predicted molar refractivity (Wildman–Crippen MR) is 84.8 cm³/mol. The summed E-state index contributed by atoms with van der Waals surface area (Å²) in [6, 6.07) is 1.49. The minimum atomic E-state index is -3.68. The van der Waals surface area contributed by atoms with Gasteiger partial charge in [-0.3, -0.25) is 4.21 Å². The van der Waals surface area contributed by atoms with E-state index in [2.05, 4.69) is 31.0 Å². The van der Waals surface area contributed by atoms with Crippen LogP contribution in [0.3, 0.4) is 0 Å². The number of pyridine rings is 1. The fourth-order valence-corrected chi connectivity index (χ4v) is 3.86. The number of hydrogen-bond donors (Lipinski definition) is 2. The van der Waals surface area contributed by atoms with Crippen molar-refractivity contribution < 1.29 is 12.6 Å². The van der Waals surface area contributed by atoms with Gasteiger partial charge in [0, 0.05) is 46.1 Å². The van der Waals surface area contributed by atoms with Gasteiger partial charge in [-0.1, -0.05) is 6.92 Å². The lowest BCUT2D eigenvalue weighted by Crippen LogP contribution is -2.29. The maximum atomic E-state index is 12.2. The molecule has 0 aliphatic heterocycles. The molecule has 0 aliphatic rings. The van der Waals surface area contributed by atoms with Crippen molar-refractivity contribution in [2.75, 3.05) is 29.9 Å². The first-order valence-corrected chi connectivity index (χ1v) is 9.91. The molecule has 0 saturated carbocycles. The van der Waals surface area contributed by atoms with Crippen LogP contribution in [0.25, 0.3) is 0 Å². The fraction of sp³-hybridized carbons (Fsp3) is 0.545. The number of nitrogens with zero attached hydrogens (tertiary/aromatic N) is 1. The molecule has 0 spiro atoms. The molecule has 1 atom stereocenters. The molecule has 9 heteroatoms. The van der Waals surface area contributed by atoms with Crippen LogP contribution in [0.4, 0.5) is 5.82 Å². The van der Waals surface area contributed by atoms with Crippen LogP contribution < -0.4 is 10.0 Å². The quantitative estimate of drug-likeness (QED) is 0.706. The van der Waals surface area contributed by atoms with Gasteiger partial charge < -0.3 is 5.32 Å². The van der Waals surface area contributed by atoms with Gasteiger partial charge in [0.1, 0.15) is 10.7 Å².